The first kappa shape index (κ1) is 19.9. The second-order valence-corrected chi connectivity index (χ2v) is 7.49. The third-order valence-electron chi connectivity index (χ3n) is 4.35. The van der Waals surface area contributed by atoms with E-state index in [0.29, 0.717) is 13.1 Å². The highest BCUT2D eigenvalue weighted by atomic mass is 35.5. The average Bonchev–Trinajstić information content (AvgIpc) is 3.22. The van der Waals surface area contributed by atoms with Crippen LogP contribution in [0.2, 0.25) is 0 Å². The van der Waals surface area contributed by atoms with E-state index < -0.39 is 0 Å². The number of hydrogen-bond acceptors (Lipinski definition) is 5. The van der Waals surface area contributed by atoms with Crippen LogP contribution >= 0.6 is 23.7 Å². The number of nitrogens with one attached hydrogen (secondary N) is 1. The smallest absolute Gasteiger partial charge is 0.224 e. The number of nitrogens with two attached hydrogens (primary N) is 1. The van der Waals surface area contributed by atoms with Crippen molar-refractivity contribution in [3.63, 3.8) is 0 Å². The highest BCUT2D eigenvalue weighted by Gasteiger charge is 2.25. The van der Waals surface area contributed by atoms with Gasteiger partial charge in [0, 0.05) is 54.7 Å². The maximum Gasteiger partial charge on any atom is 0.224 e. The number of aryl methyl sites for hydroxylation is 1. The van der Waals surface area contributed by atoms with Crippen LogP contribution in [-0.2, 0) is 18.4 Å². The van der Waals surface area contributed by atoms with Crippen LogP contribution in [-0.4, -0.2) is 46.8 Å². The van der Waals surface area contributed by atoms with E-state index in [9.17, 15) is 4.79 Å². The van der Waals surface area contributed by atoms with Crippen molar-refractivity contribution in [1.82, 2.24) is 20.0 Å². The van der Waals surface area contributed by atoms with Gasteiger partial charge in [-0.3, -0.25) is 14.4 Å². The average molecular weight is 384 g/mol. The molecular formula is C17H26ClN5OS. The predicted molar refractivity (Wildman–Crippen MR) is 104 cm³/mol. The van der Waals surface area contributed by atoms with Gasteiger partial charge < -0.3 is 11.1 Å². The number of piperidine rings is 1. The SMILES string of the molecule is Cl.Cn1cc(-c2ccc(CN3CCCC(C(=O)NCCN)C3)s2)cn1. The normalized spacial score (nSPS) is 17.9. The summed E-state index contributed by atoms with van der Waals surface area (Å²) in [6.45, 7) is 3.85. The lowest BCUT2D eigenvalue weighted by atomic mass is 9.97. The van der Waals surface area contributed by atoms with E-state index in [4.69, 9.17) is 5.73 Å². The molecule has 2 aromatic heterocycles. The molecule has 3 rings (SSSR count). The number of aromatic nitrogens is 2. The van der Waals surface area contributed by atoms with Gasteiger partial charge >= 0.3 is 0 Å². The van der Waals surface area contributed by atoms with Crippen molar-refractivity contribution in [3.05, 3.63) is 29.4 Å². The van der Waals surface area contributed by atoms with E-state index in [2.05, 4.69) is 27.4 Å². The molecule has 0 spiro atoms. The number of nitrogens with zero attached hydrogens (tertiary/aromatic N) is 3. The van der Waals surface area contributed by atoms with Crippen LogP contribution in [0.1, 0.15) is 17.7 Å². The number of carbonyl (C=O) groups is 1. The molecule has 25 heavy (non-hydrogen) atoms. The predicted octanol–water partition coefficient (Wildman–Crippen LogP) is 1.86. The van der Waals surface area contributed by atoms with Crippen molar-refractivity contribution in [2.45, 2.75) is 19.4 Å². The van der Waals surface area contributed by atoms with Crippen LogP contribution in [0.4, 0.5) is 0 Å². The van der Waals surface area contributed by atoms with Crippen LogP contribution in [0.5, 0.6) is 0 Å². The maximum atomic E-state index is 12.1. The molecule has 0 saturated carbocycles. The minimum Gasteiger partial charge on any atom is -0.355 e. The van der Waals surface area contributed by atoms with E-state index >= 15 is 0 Å². The Morgan fingerprint density at radius 1 is 1.48 bits per heavy atom. The molecule has 1 unspecified atom stereocenters. The van der Waals surface area contributed by atoms with Gasteiger partial charge in [-0.2, -0.15) is 5.10 Å². The number of amides is 1. The first-order valence-electron chi connectivity index (χ1n) is 8.43. The van der Waals surface area contributed by atoms with Gasteiger partial charge in [-0.25, -0.2) is 0 Å². The van der Waals surface area contributed by atoms with Gasteiger partial charge in [0.25, 0.3) is 0 Å². The van der Waals surface area contributed by atoms with Gasteiger partial charge in [-0.1, -0.05) is 0 Å². The molecule has 138 valence electrons. The minimum absolute atomic E-state index is 0. The number of carbonyl (C=O) groups excluding carboxylic acids is 1. The molecular weight excluding hydrogens is 358 g/mol. The minimum atomic E-state index is 0. The fourth-order valence-electron chi connectivity index (χ4n) is 3.14. The van der Waals surface area contributed by atoms with E-state index in [1.807, 2.05) is 24.1 Å². The third kappa shape index (κ3) is 5.28. The van der Waals surface area contributed by atoms with Gasteiger partial charge in [0.05, 0.1) is 12.1 Å². The van der Waals surface area contributed by atoms with Crippen molar-refractivity contribution >= 4 is 29.7 Å². The number of hydrogen-bond donors (Lipinski definition) is 2. The summed E-state index contributed by atoms with van der Waals surface area (Å²) >= 11 is 1.80. The number of thiophene rings is 1. The molecule has 1 fully saturated rings. The summed E-state index contributed by atoms with van der Waals surface area (Å²) in [5.41, 5.74) is 6.62. The molecule has 0 aromatic carbocycles. The standard InChI is InChI=1S/C17H25N5OS.ClH/c1-21-10-14(9-20-21)16-5-4-15(24-16)12-22-8-2-3-13(11-22)17(23)19-7-6-18;/h4-5,9-10,13H,2-3,6-8,11-12,18H2,1H3,(H,19,23);1H. The van der Waals surface area contributed by atoms with E-state index in [1.165, 1.54) is 9.75 Å². The molecule has 1 atom stereocenters. The van der Waals surface area contributed by atoms with Gasteiger partial charge in [0.15, 0.2) is 0 Å². The van der Waals surface area contributed by atoms with Crippen molar-refractivity contribution in [3.8, 4) is 10.4 Å². The Morgan fingerprint density at radius 3 is 3.04 bits per heavy atom. The maximum absolute atomic E-state index is 12.1. The fourth-order valence-corrected chi connectivity index (χ4v) is 4.16. The molecule has 1 aliphatic heterocycles. The Morgan fingerprint density at radius 2 is 2.32 bits per heavy atom. The lowest BCUT2D eigenvalue weighted by Gasteiger charge is -2.31. The van der Waals surface area contributed by atoms with E-state index in [1.54, 1.807) is 11.3 Å². The number of likely N-dealkylation sites (tertiary alicyclic amines) is 1. The Balaban J connectivity index is 0.00000225. The van der Waals surface area contributed by atoms with Crippen LogP contribution in [0, 0.1) is 5.92 Å². The summed E-state index contributed by atoms with van der Waals surface area (Å²) in [5, 5.41) is 7.15. The van der Waals surface area contributed by atoms with Crippen molar-refractivity contribution < 1.29 is 4.79 Å². The lowest BCUT2D eigenvalue weighted by molar-refractivity contribution is -0.126. The largest absolute Gasteiger partial charge is 0.355 e. The summed E-state index contributed by atoms with van der Waals surface area (Å²) in [5.74, 6) is 0.232. The molecule has 3 heterocycles. The summed E-state index contributed by atoms with van der Waals surface area (Å²) in [4.78, 5) is 17.1. The molecule has 0 radical (unpaired) electrons. The molecule has 6 nitrogen and oxygen atoms in total. The molecule has 8 heteroatoms. The van der Waals surface area contributed by atoms with Crippen LogP contribution in [0.15, 0.2) is 24.5 Å². The number of rotatable bonds is 6. The molecule has 0 aliphatic carbocycles. The van der Waals surface area contributed by atoms with Crippen molar-refractivity contribution in [2.24, 2.45) is 18.7 Å². The zero-order valence-electron chi connectivity index (χ0n) is 14.5. The first-order chi connectivity index (χ1) is 11.7. The molecule has 3 N–H and O–H groups in total. The number of halogens is 1. The summed E-state index contributed by atoms with van der Waals surface area (Å²) in [7, 11) is 1.93. The molecule has 1 amide bonds. The topological polar surface area (TPSA) is 76.2 Å². The van der Waals surface area contributed by atoms with Crippen molar-refractivity contribution in [1.29, 1.82) is 0 Å². The monoisotopic (exact) mass is 383 g/mol. The molecule has 2 aromatic rings. The van der Waals surface area contributed by atoms with Gasteiger partial charge in [0.2, 0.25) is 5.91 Å². The molecule has 1 aliphatic rings. The highest BCUT2D eigenvalue weighted by molar-refractivity contribution is 7.15. The zero-order chi connectivity index (χ0) is 16.9. The Bertz CT molecular complexity index is 686. The van der Waals surface area contributed by atoms with Crippen LogP contribution in [0.3, 0.4) is 0 Å². The quantitative estimate of drug-likeness (QED) is 0.798. The molecule has 1 saturated heterocycles. The van der Waals surface area contributed by atoms with Crippen LogP contribution in [0.25, 0.3) is 10.4 Å². The highest BCUT2D eigenvalue weighted by Crippen LogP contribution is 2.29. The van der Waals surface area contributed by atoms with Crippen LogP contribution < -0.4 is 11.1 Å². The fraction of sp³-hybridized carbons (Fsp3) is 0.529. The van der Waals surface area contributed by atoms with Gasteiger partial charge in [-0.05, 0) is 31.5 Å². The van der Waals surface area contributed by atoms with E-state index in [0.717, 1.165) is 38.0 Å². The zero-order valence-corrected chi connectivity index (χ0v) is 16.1. The molecule has 0 bridgehead atoms. The third-order valence-corrected chi connectivity index (χ3v) is 5.47. The second kappa shape index (κ2) is 9.33. The Labute approximate surface area is 158 Å². The summed E-state index contributed by atoms with van der Waals surface area (Å²) in [6.07, 6.45) is 5.97. The van der Waals surface area contributed by atoms with Gasteiger partial charge in [-0.15, -0.1) is 23.7 Å². The summed E-state index contributed by atoms with van der Waals surface area (Å²) in [6, 6.07) is 4.34. The van der Waals surface area contributed by atoms with E-state index in [-0.39, 0.29) is 24.2 Å². The van der Waals surface area contributed by atoms with Gasteiger partial charge in [0.1, 0.15) is 0 Å². The Kier molecular flexibility index (Phi) is 7.43. The first-order valence-corrected chi connectivity index (χ1v) is 9.25. The summed E-state index contributed by atoms with van der Waals surface area (Å²) < 4.78 is 1.82. The second-order valence-electron chi connectivity index (χ2n) is 6.32. The Hall–Kier alpha value is -1.41. The van der Waals surface area contributed by atoms with Crippen molar-refractivity contribution in [2.75, 3.05) is 26.2 Å². The lowest BCUT2D eigenvalue weighted by Crippen LogP contribution is -2.43.